The number of aromatic carboxylic acids is 1. The lowest BCUT2D eigenvalue weighted by atomic mass is 10.0. The van der Waals surface area contributed by atoms with Crippen molar-refractivity contribution in [3.63, 3.8) is 0 Å². The maximum absolute atomic E-state index is 10.6. The molecule has 0 unspecified atom stereocenters. The van der Waals surface area contributed by atoms with Crippen molar-refractivity contribution in [3.05, 3.63) is 35.5 Å². The van der Waals surface area contributed by atoms with Crippen LogP contribution in [0, 0.1) is 0 Å². The van der Waals surface area contributed by atoms with Crippen molar-refractivity contribution < 1.29 is 9.90 Å². The fourth-order valence-corrected chi connectivity index (χ4v) is 1.61. The first-order valence-corrected chi connectivity index (χ1v) is 4.92. The minimum atomic E-state index is -1.17. The zero-order chi connectivity index (χ0) is 11.0. The molecule has 0 aliphatic rings. The maximum atomic E-state index is 10.6. The van der Waals surface area contributed by atoms with Gasteiger partial charge in [-0.1, -0.05) is 26.0 Å². The molecule has 2 aromatic rings. The van der Waals surface area contributed by atoms with E-state index in [4.69, 9.17) is 0 Å². The van der Waals surface area contributed by atoms with Gasteiger partial charge in [-0.3, -0.25) is 0 Å². The summed E-state index contributed by atoms with van der Waals surface area (Å²) in [7, 11) is 0. The maximum Gasteiger partial charge on any atom is 0.0878 e. The molecule has 3 heteroatoms. The van der Waals surface area contributed by atoms with Crippen LogP contribution in [0.5, 0.6) is 0 Å². The van der Waals surface area contributed by atoms with E-state index in [0.29, 0.717) is 5.92 Å². The summed E-state index contributed by atoms with van der Waals surface area (Å²) in [5.41, 5.74) is 2.17. The third kappa shape index (κ3) is 1.73. The molecule has 0 amide bonds. The molecule has 0 spiro atoms. The average Bonchev–Trinajstić information content (AvgIpc) is 2.59. The Balaban J connectivity index is 2.57. The second-order valence-electron chi connectivity index (χ2n) is 3.97. The molecule has 3 nitrogen and oxygen atoms in total. The van der Waals surface area contributed by atoms with Crippen LogP contribution < -0.4 is 5.11 Å². The number of benzene rings is 1. The summed E-state index contributed by atoms with van der Waals surface area (Å²) in [5, 5.41) is 11.5. The minimum Gasteiger partial charge on any atom is -0.543 e. The summed E-state index contributed by atoms with van der Waals surface area (Å²) in [5.74, 6) is -0.735. The van der Waals surface area contributed by atoms with Crippen molar-refractivity contribution in [1.29, 1.82) is 0 Å². The van der Waals surface area contributed by atoms with Crippen LogP contribution in [0.3, 0.4) is 0 Å². The van der Waals surface area contributed by atoms with Gasteiger partial charge in [0.25, 0.3) is 0 Å². The smallest absolute Gasteiger partial charge is 0.0878 e. The Morgan fingerprint density at radius 3 is 2.67 bits per heavy atom. The molecule has 0 atom stereocenters. The molecular weight excluding hydrogens is 190 g/mol. The van der Waals surface area contributed by atoms with Crippen molar-refractivity contribution >= 4 is 16.9 Å². The standard InChI is InChI=1S/C12H13NO2/c1-7(2)8-3-4-9-6-11(12(14)15)13-10(9)5-8/h3-7,13H,1-2H3,(H,14,15)/p-1. The summed E-state index contributed by atoms with van der Waals surface area (Å²) in [4.78, 5) is 13.5. The summed E-state index contributed by atoms with van der Waals surface area (Å²) >= 11 is 0. The van der Waals surface area contributed by atoms with E-state index in [-0.39, 0.29) is 5.69 Å². The molecule has 78 valence electrons. The lowest BCUT2D eigenvalue weighted by Crippen LogP contribution is -2.22. The average molecular weight is 202 g/mol. The van der Waals surface area contributed by atoms with Gasteiger partial charge < -0.3 is 14.9 Å². The molecule has 0 aliphatic carbocycles. The zero-order valence-electron chi connectivity index (χ0n) is 8.70. The van der Waals surface area contributed by atoms with Crippen molar-refractivity contribution in [2.24, 2.45) is 0 Å². The lowest BCUT2D eigenvalue weighted by Gasteiger charge is -2.04. The van der Waals surface area contributed by atoms with Gasteiger partial charge in [0.15, 0.2) is 0 Å². The molecule has 1 heterocycles. The Morgan fingerprint density at radius 1 is 1.33 bits per heavy atom. The van der Waals surface area contributed by atoms with Crippen LogP contribution in [0.4, 0.5) is 0 Å². The number of hydrogen-bond acceptors (Lipinski definition) is 2. The van der Waals surface area contributed by atoms with E-state index in [0.717, 1.165) is 10.9 Å². The number of rotatable bonds is 2. The molecule has 0 radical (unpaired) electrons. The Hall–Kier alpha value is -1.77. The Labute approximate surface area is 87.7 Å². The SMILES string of the molecule is CC(C)c1ccc2cc(C(=O)[O-])[nH]c2c1. The highest BCUT2D eigenvalue weighted by molar-refractivity contribution is 5.92. The number of carbonyl (C=O) groups excluding carboxylic acids is 1. The molecule has 1 aromatic carbocycles. The highest BCUT2D eigenvalue weighted by Crippen LogP contribution is 2.21. The predicted molar refractivity (Wildman–Crippen MR) is 56.7 cm³/mol. The van der Waals surface area contributed by atoms with E-state index in [9.17, 15) is 9.90 Å². The number of hydrogen-bond donors (Lipinski definition) is 1. The van der Waals surface area contributed by atoms with Gasteiger partial charge in [0.1, 0.15) is 0 Å². The van der Waals surface area contributed by atoms with E-state index in [1.165, 1.54) is 5.56 Å². The molecule has 0 aliphatic heterocycles. The summed E-state index contributed by atoms with van der Waals surface area (Å²) < 4.78 is 0. The first kappa shape index (κ1) is 9.77. The van der Waals surface area contributed by atoms with Crippen LogP contribution in [0.25, 0.3) is 10.9 Å². The van der Waals surface area contributed by atoms with Gasteiger partial charge in [-0.15, -0.1) is 0 Å². The van der Waals surface area contributed by atoms with E-state index >= 15 is 0 Å². The van der Waals surface area contributed by atoms with Crippen molar-refractivity contribution in [2.45, 2.75) is 19.8 Å². The molecule has 2 rings (SSSR count). The molecular formula is C12H12NO2-. The Morgan fingerprint density at radius 2 is 2.07 bits per heavy atom. The fourth-order valence-electron chi connectivity index (χ4n) is 1.61. The lowest BCUT2D eigenvalue weighted by molar-refractivity contribution is -0.255. The van der Waals surface area contributed by atoms with Crippen LogP contribution >= 0.6 is 0 Å². The van der Waals surface area contributed by atoms with E-state index in [1.54, 1.807) is 6.07 Å². The molecule has 0 saturated heterocycles. The normalized spacial score (nSPS) is 11.1. The number of carboxylic acid groups (broad SMARTS) is 1. The van der Waals surface area contributed by atoms with Gasteiger partial charge >= 0.3 is 0 Å². The number of carboxylic acids is 1. The quantitative estimate of drug-likeness (QED) is 0.805. The van der Waals surface area contributed by atoms with Crippen LogP contribution in [0.1, 0.15) is 35.8 Å². The number of nitrogens with one attached hydrogen (secondary N) is 1. The molecule has 0 saturated carbocycles. The van der Waals surface area contributed by atoms with E-state index in [2.05, 4.69) is 18.8 Å². The monoisotopic (exact) mass is 202 g/mol. The van der Waals surface area contributed by atoms with Crippen molar-refractivity contribution in [1.82, 2.24) is 4.98 Å². The highest BCUT2D eigenvalue weighted by Gasteiger charge is 2.04. The van der Waals surface area contributed by atoms with Crippen molar-refractivity contribution in [3.8, 4) is 0 Å². The van der Waals surface area contributed by atoms with Gasteiger partial charge in [0, 0.05) is 10.9 Å². The molecule has 0 fully saturated rings. The first-order valence-electron chi connectivity index (χ1n) is 4.92. The number of aromatic nitrogens is 1. The number of H-pyrrole nitrogens is 1. The number of fused-ring (bicyclic) bond motifs is 1. The van der Waals surface area contributed by atoms with Gasteiger partial charge in [-0.25, -0.2) is 0 Å². The third-order valence-electron chi connectivity index (χ3n) is 2.53. The Bertz CT molecular complexity index is 511. The van der Waals surface area contributed by atoms with Crippen molar-refractivity contribution in [2.75, 3.05) is 0 Å². The summed E-state index contributed by atoms with van der Waals surface area (Å²) in [6.45, 7) is 4.20. The van der Waals surface area contributed by atoms with Crippen LogP contribution in [0.2, 0.25) is 0 Å². The summed E-state index contributed by atoms with van der Waals surface area (Å²) in [6.07, 6.45) is 0. The zero-order valence-corrected chi connectivity index (χ0v) is 8.70. The van der Waals surface area contributed by atoms with Gasteiger partial charge in [0.2, 0.25) is 0 Å². The second kappa shape index (κ2) is 3.42. The molecule has 15 heavy (non-hydrogen) atoms. The largest absolute Gasteiger partial charge is 0.543 e. The fraction of sp³-hybridized carbons (Fsp3) is 0.250. The summed E-state index contributed by atoms with van der Waals surface area (Å²) in [6, 6.07) is 7.51. The molecule has 1 aromatic heterocycles. The van der Waals surface area contributed by atoms with Gasteiger partial charge in [-0.05, 0) is 23.6 Å². The van der Waals surface area contributed by atoms with Crippen LogP contribution in [-0.2, 0) is 0 Å². The highest BCUT2D eigenvalue weighted by atomic mass is 16.4. The second-order valence-corrected chi connectivity index (χ2v) is 3.97. The topological polar surface area (TPSA) is 55.9 Å². The number of carbonyl (C=O) groups is 1. The predicted octanol–water partition coefficient (Wildman–Crippen LogP) is 1.65. The third-order valence-corrected chi connectivity index (χ3v) is 2.53. The minimum absolute atomic E-state index is 0.130. The van der Waals surface area contributed by atoms with Gasteiger partial charge in [0.05, 0.1) is 11.7 Å². The van der Waals surface area contributed by atoms with Crippen LogP contribution in [-0.4, -0.2) is 11.0 Å². The molecule has 0 bridgehead atoms. The van der Waals surface area contributed by atoms with E-state index in [1.807, 2.05) is 18.2 Å². The van der Waals surface area contributed by atoms with Gasteiger partial charge in [-0.2, -0.15) is 0 Å². The number of aromatic amines is 1. The van der Waals surface area contributed by atoms with Crippen LogP contribution in [0.15, 0.2) is 24.3 Å². The first-order chi connectivity index (χ1) is 7.08. The Kier molecular flexibility index (Phi) is 2.23. The van der Waals surface area contributed by atoms with E-state index < -0.39 is 5.97 Å². The molecule has 1 N–H and O–H groups in total.